The average Bonchev–Trinajstić information content (AvgIpc) is 2.95. The fourth-order valence-corrected chi connectivity index (χ4v) is 5.65. The molecule has 11 nitrogen and oxygen atoms in total. The highest BCUT2D eigenvalue weighted by molar-refractivity contribution is 8.13. The van der Waals surface area contributed by atoms with Crippen LogP contribution in [0.3, 0.4) is 0 Å². The van der Waals surface area contributed by atoms with Gasteiger partial charge in [-0.1, -0.05) is 11.6 Å². The van der Waals surface area contributed by atoms with Gasteiger partial charge < -0.3 is 29.4 Å². The number of anilines is 3. The van der Waals surface area contributed by atoms with Crippen LogP contribution in [0.15, 0.2) is 30.7 Å². The summed E-state index contributed by atoms with van der Waals surface area (Å²) in [4.78, 5) is 32.3. The van der Waals surface area contributed by atoms with Gasteiger partial charge >= 0.3 is 0 Å². The third-order valence-electron chi connectivity index (χ3n) is 6.63. The zero-order valence-corrected chi connectivity index (χ0v) is 22.4. The Bertz CT molecular complexity index is 1310. The van der Waals surface area contributed by atoms with E-state index in [1.165, 1.54) is 18.5 Å². The number of carbonyl (C=O) groups excluding carboxylic acids is 1. The zero-order chi connectivity index (χ0) is 26.7. The number of nitrogens with one attached hydrogen (secondary N) is 2. The average molecular weight is 582 g/mol. The predicted octanol–water partition coefficient (Wildman–Crippen LogP) is 4.85. The Morgan fingerprint density at radius 3 is 2.71 bits per heavy atom. The summed E-state index contributed by atoms with van der Waals surface area (Å²) < 4.78 is 36.8. The van der Waals surface area contributed by atoms with E-state index in [2.05, 4.69) is 30.6 Å². The van der Waals surface area contributed by atoms with E-state index in [9.17, 15) is 18.3 Å². The van der Waals surface area contributed by atoms with Crippen molar-refractivity contribution in [3.63, 3.8) is 0 Å². The summed E-state index contributed by atoms with van der Waals surface area (Å²) in [6.07, 6.45) is 5.87. The normalized spacial score (nSPS) is 21.3. The Kier molecular flexibility index (Phi) is 8.35. The van der Waals surface area contributed by atoms with E-state index < -0.39 is 10.1 Å². The summed E-state index contributed by atoms with van der Waals surface area (Å²) in [6, 6.07) is 4.37. The molecule has 1 aliphatic carbocycles. The van der Waals surface area contributed by atoms with E-state index in [0.29, 0.717) is 72.0 Å². The minimum Gasteiger partial charge on any atom is -0.351 e. The van der Waals surface area contributed by atoms with Gasteiger partial charge in [-0.25, -0.2) is 24.3 Å². The molecule has 1 aliphatic heterocycles. The lowest BCUT2D eigenvalue weighted by Gasteiger charge is -2.40. The van der Waals surface area contributed by atoms with Crippen LogP contribution < -0.4 is 10.6 Å². The van der Waals surface area contributed by atoms with Crippen LogP contribution >= 0.6 is 35.7 Å². The SMILES string of the molecule is O=C(C1CCC(Nc2ncc3ncnc(Nc4ccc(F)c(Cl)c4)c3n2)CC1)N1CCOC(SO)(SO)C1. The van der Waals surface area contributed by atoms with Crippen molar-refractivity contribution >= 4 is 70.1 Å². The molecule has 1 saturated carbocycles. The number of hydrogen-bond acceptors (Lipinski definition) is 12. The first-order valence-electron chi connectivity index (χ1n) is 11.9. The van der Waals surface area contributed by atoms with Gasteiger partial charge in [-0.05, 0) is 43.9 Å². The Morgan fingerprint density at radius 2 is 1.97 bits per heavy atom. The molecule has 2 fully saturated rings. The predicted molar refractivity (Wildman–Crippen MR) is 145 cm³/mol. The fraction of sp³-hybridized carbons (Fsp3) is 0.435. The van der Waals surface area contributed by atoms with Crippen LogP contribution in [0, 0.1) is 11.7 Å². The zero-order valence-electron chi connectivity index (χ0n) is 20.0. The molecule has 3 aromatic rings. The summed E-state index contributed by atoms with van der Waals surface area (Å²) >= 11 is 6.71. The van der Waals surface area contributed by atoms with E-state index in [4.69, 9.17) is 16.3 Å². The Balaban J connectivity index is 1.22. The van der Waals surface area contributed by atoms with E-state index in [1.54, 1.807) is 17.2 Å². The van der Waals surface area contributed by atoms with Crippen LogP contribution in [0.4, 0.5) is 21.8 Å². The molecular formula is C23H25ClFN7O4S2. The van der Waals surface area contributed by atoms with Gasteiger partial charge in [0.1, 0.15) is 23.2 Å². The highest BCUT2D eigenvalue weighted by atomic mass is 35.5. The lowest BCUT2D eigenvalue weighted by Crippen LogP contribution is -2.52. The Hall–Kier alpha value is -2.49. The molecule has 5 rings (SSSR count). The van der Waals surface area contributed by atoms with Crippen LogP contribution in [0.25, 0.3) is 11.0 Å². The first-order valence-corrected chi connectivity index (χ1v) is 13.9. The number of carbonyl (C=O) groups is 1. The molecule has 1 saturated heterocycles. The maximum atomic E-state index is 13.5. The van der Waals surface area contributed by atoms with Gasteiger partial charge in [0, 0.05) is 48.3 Å². The Morgan fingerprint density at radius 1 is 1.18 bits per heavy atom. The molecule has 2 aliphatic rings. The summed E-state index contributed by atoms with van der Waals surface area (Å²) in [6.45, 7) is 0.783. The molecule has 2 aromatic heterocycles. The standard InChI is InChI=1S/C23H25ClFN7O4S2/c24-16-9-15(5-6-17(16)25)29-20-19-18(27-12-28-20)10-26-22(31-19)30-14-3-1-13(2-4-14)21(33)32-7-8-36-23(11-32,37-34)38-35/h5-6,9-10,12-14,34-35H,1-4,7-8,11H2,(H,26,30,31)(H,27,28,29). The van der Waals surface area contributed by atoms with Gasteiger partial charge in [0.05, 0.1) is 24.4 Å². The second kappa shape index (κ2) is 11.7. The summed E-state index contributed by atoms with van der Waals surface area (Å²) in [5.41, 5.74) is 1.59. The number of nitrogens with zero attached hydrogens (tertiary/aromatic N) is 5. The van der Waals surface area contributed by atoms with Gasteiger partial charge in [-0.2, -0.15) is 0 Å². The van der Waals surface area contributed by atoms with Gasteiger partial charge in [0.25, 0.3) is 0 Å². The number of amides is 1. The molecule has 15 heteroatoms. The smallest absolute Gasteiger partial charge is 0.227 e. The molecule has 0 unspecified atom stereocenters. The highest BCUT2D eigenvalue weighted by Gasteiger charge is 2.42. The second-order valence-corrected chi connectivity index (χ2v) is 11.4. The first kappa shape index (κ1) is 27.1. The molecule has 1 amide bonds. The lowest BCUT2D eigenvalue weighted by atomic mass is 9.85. The van der Waals surface area contributed by atoms with Crippen molar-refractivity contribution in [2.24, 2.45) is 5.92 Å². The van der Waals surface area contributed by atoms with Crippen molar-refractivity contribution in [1.82, 2.24) is 24.8 Å². The monoisotopic (exact) mass is 581 g/mol. The largest absolute Gasteiger partial charge is 0.351 e. The molecule has 0 spiro atoms. The number of halogens is 2. The Labute approximate surface area is 231 Å². The molecular weight excluding hydrogens is 557 g/mol. The first-order chi connectivity index (χ1) is 18.4. The van der Waals surface area contributed by atoms with E-state index in [0.717, 1.165) is 12.8 Å². The van der Waals surface area contributed by atoms with Crippen LogP contribution in [0.1, 0.15) is 25.7 Å². The molecule has 3 heterocycles. The number of ether oxygens (including phenoxy) is 1. The minimum atomic E-state index is -1.26. The van der Waals surface area contributed by atoms with E-state index >= 15 is 0 Å². The van der Waals surface area contributed by atoms with Crippen molar-refractivity contribution in [2.75, 3.05) is 30.3 Å². The number of aromatic nitrogens is 4. The van der Waals surface area contributed by atoms with Gasteiger partial charge in [0.15, 0.2) is 5.82 Å². The number of benzene rings is 1. The summed E-state index contributed by atoms with van der Waals surface area (Å²) in [7, 11) is 0. The molecule has 38 heavy (non-hydrogen) atoms. The third kappa shape index (κ3) is 5.90. The number of fused-ring (bicyclic) bond motifs is 1. The van der Waals surface area contributed by atoms with Gasteiger partial charge in [0.2, 0.25) is 16.1 Å². The van der Waals surface area contributed by atoms with Crippen LogP contribution in [0.5, 0.6) is 0 Å². The molecule has 4 N–H and O–H groups in total. The number of rotatable bonds is 7. The maximum Gasteiger partial charge on any atom is 0.227 e. The maximum absolute atomic E-state index is 13.5. The van der Waals surface area contributed by atoms with Gasteiger partial charge in [-0.3, -0.25) is 4.79 Å². The lowest BCUT2D eigenvalue weighted by molar-refractivity contribution is -0.142. The molecule has 0 bridgehead atoms. The van der Waals surface area contributed by atoms with Crippen LogP contribution in [-0.4, -0.2) is 69.9 Å². The van der Waals surface area contributed by atoms with Crippen LogP contribution in [-0.2, 0) is 9.53 Å². The fourth-order valence-electron chi connectivity index (χ4n) is 4.64. The van der Waals surface area contributed by atoms with Crippen molar-refractivity contribution in [3.05, 3.63) is 41.6 Å². The minimum absolute atomic E-state index is 0.00746. The van der Waals surface area contributed by atoms with Gasteiger partial charge in [-0.15, -0.1) is 0 Å². The number of hydrogen-bond donors (Lipinski definition) is 4. The molecule has 0 radical (unpaired) electrons. The number of morpholine rings is 1. The highest BCUT2D eigenvalue weighted by Crippen LogP contribution is 2.38. The summed E-state index contributed by atoms with van der Waals surface area (Å²) in [5.74, 6) is 0.207. The van der Waals surface area contributed by atoms with Crippen molar-refractivity contribution in [3.8, 4) is 0 Å². The molecule has 202 valence electrons. The van der Waals surface area contributed by atoms with E-state index in [1.807, 2.05) is 0 Å². The van der Waals surface area contributed by atoms with Crippen molar-refractivity contribution in [2.45, 2.75) is 36.0 Å². The third-order valence-corrected chi connectivity index (χ3v) is 8.41. The molecule has 1 aromatic carbocycles. The van der Waals surface area contributed by atoms with Crippen LogP contribution in [0.2, 0.25) is 5.02 Å². The quantitative estimate of drug-likeness (QED) is 0.223. The van der Waals surface area contributed by atoms with Crippen molar-refractivity contribution < 1.29 is 23.0 Å². The topological polar surface area (TPSA) is 146 Å². The second-order valence-electron chi connectivity index (χ2n) is 9.07. The van der Waals surface area contributed by atoms with E-state index in [-0.39, 0.29) is 36.0 Å². The molecule has 0 atom stereocenters. The summed E-state index contributed by atoms with van der Waals surface area (Å²) in [5, 5.41) is 6.45. The van der Waals surface area contributed by atoms with Crippen molar-refractivity contribution in [1.29, 1.82) is 0 Å².